The van der Waals surface area contributed by atoms with Gasteiger partial charge in [0, 0.05) is 23.9 Å². The second-order valence-electron chi connectivity index (χ2n) is 4.19. The first-order valence-electron chi connectivity index (χ1n) is 5.33. The van der Waals surface area contributed by atoms with Crippen LogP contribution in [0.4, 0.5) is 0 Å². The van der Waals surface area contributed by atoms with Crippen LogP contribution >= 0.6 is 0 Å². The van der Waals surface area contributed by atoms with Crippen LogP contribution in [-0.2, 0) is 20.4 Å². The molecule has 0 aromatic carbocycles. The lowest BCUT2D eigenvalue weighted by Gasteiger charge is -2.30. The van der Waals surface area contributed by atoms with Crippen LogP contribution in [0.1, 0.15) is 19.8 Å². The summed E-state index contributed by atoms with van der Waals surface area (Å²) in [5.41, 5.74) is 0. The number of nitrogens with zero attached hydrogens (tertiary/aromatic N) is 1. The third-order valence-corrected chi connectivity index (χ3v) is 3.84. The number of rotatable bonds is 4. The van der Waals surface area contributed by atoms with Crippen LogP contribution in [-0.4, -0.2) is 50.7 Å². The highest BCUT2D eigenvalue weighted by Gasteiger charge is 2.22. The molecule has 1 aliphatic heterocycles. The summed E-state index contributed by atoms with van der Waals surface area (Å²) < 4.78 is 11.3. The Morgan fingerprint density at radius 2 is 1.88 bits per heavy atom. The number of likely N-dealkylation sites (tertiary alicyclic amines) is 1. The van der Waals surface area contributed by atoms with Crippen molar-refractivity contribution in [2.75, 3.05) is 24.6 Å². The molecule has 1 rings (SSSR count). The quantitative estimate of drug-likeness (QED) is 0.763. The first-order chi connectivity index (χ1) is 7.49. The maximum atomic E-state index is 11.6. The standard InChI is InChI=1S/C10H17NO4S/c1-8-2-4-11(5-3-8)9(12)6-16(15)7-10(13)14/h8H,2-7H2,1H3,(H,13,14). The van der Waals surface area contributed by atoms with E-state index in [2.05, 4.69) is 6.92 Å². The average Bonchev–Trinajstić information content (AvgIpc) is 2.16. The van der Waals surface area contributed by atoms with Gasteiger partial charge >= 0.3 is 5.97 Å². The molecular weight excluding hydrogens is 230 g/mol. The van der Waals surface area contributed by atoms with E-state index >= 15 is 0 Å². The smallest absolute Gasteiger partial charge is 0.316 e. The normalized spacial score (nSPS) is 19.4. The molecule has 1 N–H and O–H groups in total. The number of carbonyl (C=O) groups is 2. The van der Waals surface area contributed by atoms with E-state index in [0.29, 0.717) is 19.0 Å². The van der Waals surface area contributed by atoms with Gasteiger partial charge in [-0.15, -0.1) is 0 Å². The van der Waals surface area contributed by atoms with Crippen molar-refractivity contribution in [3.8, 4) is 0 Å². The second-order valence-corrected chi connectivity index (χ2v) is 5.64. The second kappa shape index (κ2) is 5.98. The van der Waals surface area contributed by atoms with Crippen molar-refractivity contribution in [2.45, 2.75) is 19.8 Å². The molecule has 1 amide bonds. The minimum absolute atomic E-state index is 0.166. The van der Waals surface area contributed by atoms with Crippen molar-refractivity contribution in [3.05, 3.63) is 0 Å². The molecule has 6 heteroatoms. The maximum Gasteiger partial charge on any atom is 0.316 e. The SMILES string of the molecule is CC1CCN(C(=O)CS(=O)CC(=O)O)CC1. The summed E-state index contributed by atoms with van der Waals surface area (Å²) in [6.07, 6.45) is 1.94. The molecule has 1 heterocycles. The van der Waals surface area contributed by atoms with E-state index in [0.717, 1.165) is 12.8 Å². The van der Waals surface area contributed by atoms with E-state index in [4.69, 9.17) is 5.11 Å². The fourth-order valence-electron chi connectivity index (χ4n) is 1.68. The molecule has 0 aromatic rings. The monoisotopic (exact) mass is 247 g/mol. The van der Waals surface area contributed by atoms with Crippen LogP contribution in [0.2, 0.25) is 0 Å². The number of amides is 1. The lowest BCUT2D eigenvalue weighted by molar-refractivity contribution is -0.134. The molecular formula is C10H17NO4S. The van der Waals surface area contributed by atoms with Crippen molar-refractivity contribution in [2.24, 2.45) is 5.92 Å². The van der Waals surface area contributed by atoms with Gasteiger partial charge in [0.05, 0.1) is 0 Å². The van der Waals surface area contributed by atoms with Gasteiger partial charge in [-0.05, 0) is 18.8 Å². The molecule has 1 unspecified atom stereocenters. The highest BCUT2D eigenvalue weighted by atomic mass is 32.2. The Bertz CT molecular complexity index is 297. The fraction of sp³-hybridized carbons (Fsp3) is 0.800. The highest BCUT2D eigenvalue weighted by molar-refractivity contribution is 7.86. The van der Waals surface area contributed by atoms with Gasteiger partial charge in [0.25, 0.3) is 0 Å². The van der Waals surface area contributed by atoms with Crippen molar-refractivity contribution in [1.29, 1.82) is 0 Å². The van der Waals surface area contributed by atoms with Gasteiger partial charge in [-0.3, -0.25) is 13.8 Å². The van der Waals surface area contributed by atoms with Crippen LogP contribution < -0.4 is 0 Å². The Morgan fingerprint density at radius 1 is 1.31 bits per heavy atom. The van der Waals surface area contributed by atoms with Crippen LogP contribution in [0.5, 0.6) is 0 Å². The van der Waals surface area contributed by atoms with Crippen LogP contribution in [0.25, 0.3) is 0 Å². The molecule has 1 atom stereocenters. The van der Waals surface area contributed by atoms with Gasteiger partial charge in [-0.1, -0.05) is 6.92 Å². The summed E-state index contributed by atoms with van der Waals surface area (Å²) in [6, 6.07) is 0. The lowest BCUT2D eigenvalue weighted by Crippen LogP contribution is -2.40. The molecule has 1 fully saturated rings. The zero-order chi connectivity index (χ0) is 12.1. The third kappa shape index (κ3) is 4.30. The van der Waals surface area contributed by atoms with Crippen molar-refractivity contribution >= 4 is 22.7 Å². The number of carboxylic acids is 1. The highest BCUT2D eigenvalue weighted by Crippen LogP contribution is 2.15. The number of carbonyl (C=O) groups excluding carboxylic acids is 1. The molecule has 0 aliphatic carbocycles. The van der Waals surface area contributed by atoms with Gasteiger partial charge in [-0.25, -0.2) is 0 Å². The molecule has 1 saturated heterocycles. The first kappa shape index (κ1) is 13.2. The van der Waals surface area contributed by atoms with Crippen LogP contribution in [0, 0.1) is 5.92 Å². The van der Waals surface area contributed by atoms with Crippen molar-refractivity contribution < 1.29 is 18.9 Å². The molecule has 0 bridgehead atoms. The molecule has 92 valence electrons. The number of carboxylic acid groups (broad SMARTS) is 1. The summed E-state index contributed by atoms with van der Waals surface area (Å²) in [4.78, 5) is 23.6. The number of piperidine rings is 1. The number of hydrogen-bond donors (Lipinski definition) is 1. The zero-order valence-electron chi connectivity index (χ0n) is 9.35. The van der Waals surface area contributed by atoms with E-state index < -0.39 is 22.5 Å². The van der Waals surface area contributed by atoms with E-state index in [9.17, 15) is 13.8 Å². The van der Waals surface area contributed by atoms with Gasteiger partial charge in [0.1, 0.15) is 11.5 Å². The predicted molar refractivity (Wildman–Crippen MR) is 60.5 cm³/mol. The third-order valence-electron chi connectivity index (χ3n) is 2.71. The van der Waals surface area contributed by atoms with E-state index in [1.807, 2.05) is 0 Å². The van der Waals surface area contributed by atoms with Gasteiger partial charge in [0.2, 0.25) is 5.91 Å². The molecule has 0 aromatic heterocycles. The fourth-order valence-corrected chi connectivity index (χ4v) is 2.51. The van der Waals surface area contributed by atoms with E-state index in [-0.39, 0.29) is 11.7 Å². The lowest BCUT2D eigenvalue weighted by atomic mass is 9.99. The average molecular weight is 247 g/mol. The van der Waals surface area contributed by atoms with E-state index in [1.165, 1.54) is 0 Å². The topological polar surface area (TPSA) is 74.7 Å². The molecule has 0 radical (unpaired) electrons. The Balaban J connectivity index is 2.35. The van der Waals surface area contributed by atoms with Crippen LogP contribution in [0.3, 0.4) is 0 Å². The summed E-state index contributed by atoms with van der Waals surface area (Å²) >= 11 is 0. The summed E-state index contributed by atoms with van der Waals surface area (Å²) in [6.45, 7) is 3.54. The Morgan fingerprint density at radius 3 is 2.38 bits per heavy atom. The number of hydrogen-bond acceptors (Lipinski definition) is 3. The number of aliphatic carboxylic acids is 1. The van der Waals surface area contributed by atoms with Gasteiger partial charge in [0.15, 0.2) is 0 Å². The van der Waals surface area contributed by atoms with Crippen molar-refractivity contribution in [3.63, 3.8) is 0 Å². The maximum absolute atomic E-state index is 11.6. The Hall–Kier alpha value is -0.910. The summed E-state index contributed by atoms with van der Waals surface area (Å²) in [5.74, 6) is -1.30. The summed E-state index contributed by atoms with van der Waals surface area (Å²) in [7, 11) is -1.58. The van der Waals surface area contributed by atoms with Gasteiger partial charge < -0.3 is 10.0 Å². The minimum atomic E-state index is -1.58. The van der Waals surface area contributed by atoms with Gasteiger partial charge in [-0.2, -0.15) is 0 Å². The summed E-state index contributed by atoms with van der Waals surface area (Å²) in [5, 5.41) is 8.42. The molecule has 5 nitrogen and oxygen atoms in total. The van der Waals surface area contributed by atoms with E-state index in [1.54, 1.807) is 4.90 Å². The molecule has 1 aliphatic rings. The zero-order valence-corrected chi connectivity index (χ0v) is 10.2. The van der Waals surface area contributed by atoms with Crippen LogP contribution in [0.15, 0.2) is 0 Å². The molecule has 16 heavy (non-hydrogen) atoms. The molecule has 0 spiro atoms. The largest absolute Gasteiger partial charge is 0.481 e. The Labute approximate surface area is 97.3 Å². The first-order valence-corrected chi connectivity index (χ1v) is 6.82. The molecule has 0 saturated carbocycles. The predicted octanol–water partition coefficient (Wildman–Crippen LogP) is 0.0782. The van der Waals surface area contributed by atoms with Crippen molar-refractivity contribution in [1.82, 2.24) is 4.90 Å². The minimum Gasteiger partial charge on any atom is -0.481 e. The Kier molecular flexibility index (Phi) is 4.92.